The molecule has 1 fully saturated rings. The standard InChI is InChI=1S/C20H16F6N2O2/c21-19(22,23)15-6-2-1-5-14(15)18(30)28-10-8-27(9-11-28)16-7-3-4-13(12-29)17(16)20(24,25)26/h1-7,12H,8-11H2. The van der Waals surface area contributed by atoms with Crippen molar-refractivity contribution >= 4 is 17.9 Å². The molecule has 2 aromatic carbocycles. The molecule has 160 valence electrons. The molecule has 4 nitrogen and oxygen atoms in total. The van der Waals surface area contributed by atoms with E-state index in [-0.39, 0.29) is 38.2 Å². The van der Waals surface area contributed by atoms with Crippen LogP contribution in [0, 0.1) is 0 Å². The molecule has 3 rings (SSSR count). The van der Waals surface area contributed by atoms with Gasteiger partial charge in [-0.15, -0.1) is 0 Å². The lowest BCUT2D eigenvalue weighted by Gasteiger charge is -2.37. The quantitative estimate of drug-likeness (QED) is 0.532. The topological polar surface area (TPSA) is 40.6 Å². The molecule has 0 atom stereocenters. The second kappa shape index (κ2) is 8.00. The largest absolute Gasteiger partial charge is 0.419 e. The summed E-state index contributed by atoms with van der Waals surface area (Å²) in [7, 11) is 0. The molecule has 1 aliphatic heterocycles. The molecule has 0 unspecified atom stereocenters. The Morgan fingerprint density at radius 1 is 0.833 bits per heavy atom. The highest BCUT2D eigenvalue weighted by Gasteiger charge is 2.39. The van der Waals surface area contributed by atoms with Gasteiger partial charge in [-0.05, 0) is 18.2 Å². The molecule has 0 aliphatic carbocycles. The summed E-state index contributed by atoms with van der Waals surface area (Å²) in [5, 5.41) is 0. The minimum atomic E-state index is -4.76. The van der Waals surface area contributed by atoms with Crippen LogP contribution in [0.3, 0.4) is 0 Å². The van der Waals surface area contributed by atoms with Crippen LogP contribution in [0.5, 0.6) is 0 Å². The summed E-state index contributed by atoms with van der Waals surface area (Å²) in [4.78, 5) is 26.2. The fourth-order valence-corrected chi connectivity index (χ4v) is 3.47. The van der Waals surface area contributed by atoms with Gasteiger partial charge in [-0.25, -0.2) is 0 Å². The highest BCUT2D eigenvalue weighted by Crippen LogP contribution is 2.39. The number of benzene rings is 2. The van der Waals surface area contributed by atoms with Gasteiger partial charge in [0.1, 0.15) is 0 Å². The van der Waals surface area contributed by atoms with E-state index >= 15 is 0 Å². The summed E-state index contributed by atoms with van der Waals surface area (Å²) < 4.78 is 79.9. The van der Waals surface area contributed by atoms with Crippen molar-refractivity contribution < 1.29 is 35.9 Å². The van der Waals surface area contributed by atoms with Gasteiger partial charge in [0.15, 0.2) is 6.29 Å². The third-order valence-electron chi connectivity index (χ3n) is 4.86. The van der Waals surface area contributed by atoms with Gasteiger partial charge >= 0.3 is 12.4 Å². The second-order valence-electron chi connectivity index (χ2n) is 6.68. The molecule has 1 aliphatic rings. The second-order valence-corrected chi connectivity index (χ2v) is 6.68. The molecule has 1 amide bonds. The summed E-state index contributed by atoms with van der Waals surface area (Å²) >= 11 is 0. The number of hydrogen-bond acceptors (Lipinski definition) is 3. The Labute approximate surface area is 167 Å². The molecular formula is C20H16F6N2O2. The van der Waals surface area contributed by atoms with Crippen molar-refractivity contribution in [2.24, 2.45) is 0 Å². The first-order valence-electron chi connectivity index (χ1n) is 8.90. The first-order valence-corrected chi connectivity index (χ1v) is 8.90. The van der Waals surface area contributed by atoms with Gasteiger partial charge in [0.2, 0.25) is 0 Å². The van der Waals surface area contributed by atoms with Crippen molar-refractivity contribution in [3.8, 4) is 0 Å². The summed E-state index contributed by atoms with van der Waals surface area (Å²) in [5.41, 5.74) is -3.33. The number of carbonyl (C=O) groups is 2. The number of anilines is 1. The minimum absolute atomic E-state index is 0.0225. The van der Waals surface area contributed by atoms with Gasteiger partial charge in [-0.3, -0.25) is 9.59 Å². The van der Waals surface area contributed by atoms with E-state index in [2.05, 4.69) is 0 Å². The van der Waals surface area contributed by atoms with Crippen LogP contribution in [0.4, 0.5) is 32.0 Å². The van der Waals surface area contributed by atoms with Crippen LogP contribution >= 0.6 is 0 Å². The van der Waals surface area contributed by atoms with E-state index in [4.69, 9.17) is 0 Å². The number of piperazine rings is 1. The van der Waals surface area contributed by atoms with E-state index < -0.39 is 40.5 Å². The maximum absolute atomic E-state index is 13.5. The van der Waals surface area contributed by atoms with Crippen molar-refractivity contribution in [1.29, 1.82) is 0 Å². The van der Waals surface area contributed by atoms with Crippen molar-refractivity contribution in [2.75, 3.05) is 31.1 Å². The fraction of sp³-hybridized carbons (Fsp3) is 0.300. The Bertz CT molecular complexity index is 947. The molecule has 10 heteroatoms. The Morgan fingerprint density at radius 3 is 2.03 bits per heavy atom. The van der Waals surface area contributed by atoms with Crippen molar-refractivity contribution in [2.45, 2.75) is 12.4 Å². The maximum Gasteiger partial charge on any atom is 0.419 e. The Hall–Kier alpha value is -3.04. The highest BCUT2D eigenvalue weighted by molar-refractivity contribution is 5.96. The third kappa shape index (κ3) is 4.27. The molecule has 2 aromatic rings. The Morgan fingerprint density at radius 2 is 1.47 bits per heavy atom. The van der Waals surface area contributed by atoms with Crippen molar-refractivity contribution in [3.05, 3.63) is 64.7 Å². The van der Waals surface area contributed by atoms with Crippen LogP contribution in [0.15, 0.2) is 42.5 Å². The van der Waals surface area contributed by atoms with Crippen molar-refractivity contribution in [3.63, 3.8) is 0 Å². The number of amides is 1. The average Bonchev–Trinajstić information content (AvgIpc) is 2.71. The van der Waals surface area contributed by atoms with Crippen LogP contribution in [-0.2, 0) is 12.4 Å². The van der Waals surface area contributed by atoms with Gasteiger partial charge in [0, 0.05) is 37.4 Å². The highest BCUT2D eigenvalue weighted by atomic mass is 19.4. The number of rotatable bonds is 3. The van der Waals surface area contributed by atoms with Crippen LogP contribution in [0.25, 0.3) is 0 Å². The number of aldehydes is 1. The summed E-state index contributed by atoms with van der Waals surface area (Å²) in [6.07, 6.45) is -9.34. The maximum atomic E-state index is 13.5. The van der Waals surface area contributed by atoms with Crippen LogP contribution < -0.4 is 4.90 Å². The molecule has 30 heavy (non-hydrogen) atoms. The lowest BCUT2D eigenvalue weighted by Crippen LogP contribution is -2.49. The molecule has 1 saturated heterocycles. The predicted molar refractivity (Wildman–Crippen MR) is 96.4 cm³/mol. The lowest BCUT2D eigenvalue weighted by molar-refractivity contribution is -0.138. The smallest absolute Gasteiger partial charge is 0.367 e. The molecule has 0 saturated carbocycles. The van der Waals surface area contributed by atoms with Gasteiger partial charge in [-0.2, -0.15) is 26.3 Å². The molecule has 0 bridgehead atoms. The van der Waals surface area contributed by atoms with E-state index in [1.54, 1.807) is 0 Å². The zero-order valence-electron chi connectivity index (χ0n) is 15.4. The number of carbonyl (C=O) groups excluding carboxylic acids is 2. The average molecular weight is 430 g/mol. The van der Waals surface area contributed by atoms with Gasteiger partial charge in [0.25, 0.3) is 5.91 Å². The monoisotopic (exact) mass is 430 g/mol. The first-order chi connectivity index (χ1) is 14.0. The van der Waals surface area contributed by atoms with E-state index in [0.717, 1.165) is 18.2 Å². The molecule has 1 heterocycles. The summed E-state index contributed by atoms with van der Waals surface area (Å²) in [6.45, 7) is -0.169. The van der Waals surface area contributed by atoms with Gasteiger partial charge in [0.05, 0.1) is 16.7 Å². The zero-order chi connectivity index (χ0) is 22.1. The van der Waals surface area contributed by atoms with Crippen LogP contribution in [0.2, 0.25) is 0 Å². The molecular weight excluding hydrogens is 414 g/mol. The minimum Gasteiger partial charge on any atom is -0.367 e. The van der Waals surface area contributed by atoms with Crippen LogP contribution in [-0.4, -0.2) is 43.3 Å². The predicted octanol–water partition coefficient (Wildman–Crippen LogP) is 4.50. The molecule has 0 spiro atoms. The number of hydrogen-bond donors (Lipinski definition) is 0. The van der Waals surface area contributed by atoms with E-state index in [9.17, 15) is 35.9 Å². The summed E-state index contributed by atoms with van der Waals surface area (Å²) in [6, 6.07) is 8.00. The van der Waals surface area contributed by atoms with E-state index in [1.165, 1.54) is 34.1 Å². The van der Waals surface area contributed by atoms with Crippen molar-refractivity contribution in [1.82, 2.24) is 4.90 Å². The normalized spacial score (nSPS) is 15.3. The van der Waals surface area contributed by atoms with E-state index in [1.807, 2.05) is 0 Å². The number of alkyl halides is 6. The fourth-order valence-electron chi connectivity index (χ4n) is 3.47. The van der Waals surface area contributed by atoms with Crippen LogP contribution in [0.1, 0.15) is 31.8 Å². The van der Waals surface area contributed by atoms with Gasteiger partial charge < -0.3 is 9.80 Å². The summed E-state index contributed by atoms with van der Waals surface area (Å²) in [5.74, 6) is -0.833. The molecule has 0 aromatic heterocycles. The third-order valence-corrected chi connectivity index (χ3v) is 4.86. The zero-order valence-corrected chi connectivity index (χ0v) is 15.4. The Balaban J connectivity index is 1.82. The lowest BCUT2D eigenvalue weighted by atomic mass is 10.0. The molecule has 0 radical (unpaired) electrons. The molecule has 0 N–H and O–H groups in total. The van der Waals surface area contributed by atoms with E-state index in [0.29, 0.717) is 0 Å². The van der Waals surface area contributed by atoms with Gasteiger partial charge in [-0.1, -0.05) is 24.3 Å². The number of nitrogens with zero attached hydrogens (tertiary/aromatic N) is 2. The number of halogens is 6. The SMILES string of the molecule is O=Cc1cccc(N2CCN(C(=O)c3ccccc3C(F)(F)F)CC2)c1C(F)(F)F. The first kappa shape index (κ1) is 21.7. The Kier molecular flexibility index (Phi) is 5.78.